The minimum Gasteiger partial charge on any atom is -0.342 e. The van der Waals surface area contributed by atoms with Gasteiger partial charge in [-0.15, -0.1) is 0 Å². The first kappa shape index (κ1) is 21.4. The first-order valence-electron chi connectivity index (χ1n) is 11.0. The summed E-state index contributed by atoms with van der Waals surface area (Å²) in [7, 11) is 0. The minimum atomic E-state index is -0.344. The standard InChI is InChI=1S/C24H29FN4O2/c1-14-11-20(14)24(31)29-10-4-5-17(13-29)23-26-15(2)21(16(3)27-23)12-22(30)28-19-8-6-18(25)7-9-19/h6-9,14,17,20H,4-5,10-13H2,1-3H3,(H,28,30)/t14-,17-,20+/m1/s1. The van der Waals surface area contributed by atoms with E-state index in [4.69, 9.17) is 9.97 Å². The highest BCUT2D eigenvalue weighted by molar-refractivity contribution is 5.92. The molecule has 0 spiro atoms. The molecule has 3 atom stereocenters. The highest BCUT2D eigenvalue weighted by atomic mass is 19.1. The Morgan fingerprint density at radius 1 is 1.16 bits per heavy atom. The van der Waals surface area contributed by atoms with Gasteiger partial charge in [0.2, 0.25) is 11.8 Å². The largest absolute Gasteiger partial charge is 0.342 e. The molecule has 1 aliphatic carbocycles. The van der Waals surface area contributed by atoms with Crippen molar-refractivity contribution in [1.82, 2.24) is 14.9 Å². The Hall–Kier alpha value is -2.83. The van der Waals surface area contributed by atoms with E-state index >= 15 is 0 Å². The average Bonchev–Trinajstić information content (AvgIpc) is 3.48. The van der Waals surface area contributed by atoms with Crippen molar-refractivity contribution in [3.8, 4) is 0 Å². The van der Waals surface area contributed by atoms with E-state index in [9.17, 15) is 14.0 Å². The van der Waals surface area contributed by atoms with Crippen molar-refractivity contribution in [3.05, 3.63) is 52.9 Å². The maximum atomic E-state index is 13.0. The van der Waals surface area contributed by atoms with Gasteiger partial charge in [-0.1, -0.05) is 6.92 Å². The summed E-state index contributed by atoms with van der Waals surface area (Å²) in [5.41, 5.74) is 2.93. The second kappa shape index (κ2) is 8.73. The first-order valence-corrected chi connectivity index (χ1v) is 11.0. The third kappa shape index (κ3) is 4.92. The van der Waals surface area contributed by atoms with E-state index in [0.717, 1.165) is 48.6 Å². The molecule has 2 aromatic rings. The predicted octanol–water partition coefficient (Wildman–Crippen LogP) is 3.78. The van der Waals surface area contributed by atoms with Crippen LogP contribution in [0.5, 0.6) is 0 Å². The summed E-state index contributed by atoms with van der Waals surface area (Å²) in [5, 5.41) is 2.78. The molecule has 0 bridgehead atoms. The number of carbonyl (C=O) groups is 2. The molecule has 31 heavy (non-hydrogen) atoms. The topological polar surface area (TPSA) is 75.2 Å². The van der Waals surface area contributed by atoms with Crippen LogP contribution in [0.2, 0.25) is 0 Å². The maximum absolute atomic E-state index is 13.0. The van der Waals surface area contributed by atoms with Crippen LogP contribution in [0.4, 0.5) is 10.1 Å². The molecule has 2 heterocycles. The Kier molecular flexibility index (Phi) is 6.03. The molecule has 2 amide bonds. The number of anilines is 1. The van der Waals surface area contributed by atoms with E-state index < -0.39 is 0 Å². The Balaban J connectivity index is 1.43. The van der Waals surface area contributed by atoms with E-state index in [1.54, 1.807) is 0 Å². The van der Waals surface area contributed by atoms with Crippen LogP contribution in [-0.4, -0.2) is 39.8 Å². The van der Waals surface area contributed by atoms with Gasteiger partial charge in [0.25, 0.3) is 0 Å². The molecule has 1 aliphatic heterocycles. The SMILES string of the molecule is Cc1nc([C@@H]2CCCN(C(=O)[C@H]3C[C@H]3C)C2)nc(C)c1CC(=O)Nc1ccc(F)cc1. The normalized spacial score (nSPS) is 22.8. The van der Waals surface area contributed by atoms with Crippen molar-refractivity contribution < 1.29 is 14.0 Å². The second-order valence-electron chi connectivity index (χ2n) is 8.91. The zero-order valence-corrected chi connectivity index (χ0v) is 18.3. The lowest BCUT2D eigenvalue weighted by molar-refractivity contribution is -0.134. The summed E-state index contributed by atoms with van der Waals surface area (Å²) < 4.78 is 13.0. The number of hydrogen-bond acceptors (Lipinski definition) is 4. The number of carbonyl (C=O) groups excluding carboxylic acids is 2. The highest BCUT2D eigenvalue weighted by Gasteiger charge is 2.42. The number of nitrogens with zero attached hydrogens (tertiary/aromatic N) is 3. The quantitative estimate of drug-likeness (QED) is 0.793. The zero-order valence-electron chi connectivity index (χ0n) is 18.3. The monoisotopic (exact) mass is 424 g/mol. The second-order valence-corrected chi connectivity index (χ2v) is 8.91. The number of hydrogen-bond donors (Lipinski definition) is 1. The minimum absolute atomic E-state index is 0.131. The van der Waals surface area contributed by atoms with Crippen LogP contribution in [0.25, 0.3) is 0 Å². The van der Waals surface area contributed by atoms with Crippen molar-refractivity contribution in [3.63, 3.8) is 0 Å². The third-order valence-corrected chi connectivity index (χ3v) is 6.43. The summed E-state index contributed by atoms with van der Waals surface area (Å²) in [5.74, 6) is 1.34. The van der Waals surface area contributed by atoms with Crippen LogP contribution in [0.15, 0.2) is 24.3 Å². The number of aryl methyl sites for hydroxylation is 2. The van der Waals surface area contributed by atoms with Gasteiger partial charge in [0, 0.05) is 47.6 Å². The predicted molar refractivity (Wildman–Crippen MR) is 116 cm³/mol. The molecular formula is C24H29FN4O2. The summed E-state index contributed by atoms with van der Waals surface area (Å²) >= 11 is 0. The molecular weight excluding hydrogens is 395 g/mol. The van der Waals surface area contributed by atoms with Crippen molar-refractivity contribution in [2.75, 3.05) is 18.4 Å². The number of halogens is 1. The van der Waals surface area contributed by atoms with Gasteiger partial charge in [-0.05, 0) is 63.3 Å². The number of nitrogens with one attached hydrogen (secondary N) is 1. The number of benzene rings is 1. The molecule has 2 fully saturated rings. The molecule has 2 aliphatic rings. The highest BCUT2D eigenvalue weighted by Crippen LogP contribution is 2.40. The number of likely N-dealkylation sites (tertiary alicyclic amines) is 1. The van der Waals surface area contributed by atoms with E-state index in [1.165, 1.54) is 24.3 Å². The van der Waals surface area contributed by atoms with Crippen LogP contribution in [0.3, 0.4) is 0 Å². The van der Waals surface area contributed by atoms with E-state index in [2.05, 4.69) is 12.2 Å². The van der Waals surface area contributed by atoms with Crippen LogP contribution < -0.4 is 5.32 Å². The Morgan fingerprint density at radius 2 is 1.81 bits per heavy atom. The maximum Gasteiger partial charge on any atom is 0.228 e. The fourth-order valence-electron chi connectivity index (χ4n) is 4.39. The Morgan fingerprint density at radius 3 is 2.42 bits per heavy atom. The van der Waals surface area contributed by atoms with Gasteiger partial charge in [-0.25, -0.2) is 14.4 Å². The van der Waals surface area contributed by atoms with E-state index in [-0.39, 0.29) is 35.9 Å². The van der Waals surface area contributed by atoms with Crippen LogP contribution >= 0.6 is 0 Å². The van der Waals surface area contributed by atoms with Crippen molar-refractivity contribution in [1.29, 1.82) is 0 Å². The molecule has 0 radical (unpaired) electrons. The van der Waals surface area contributed by atoms with Gasteiger partial charge < -0.3 is 10.2 Å². The average molecular weight is 425 g/mol. The lowest BCUT2D eigenvalue weighted by Gasteiger charge is -2.32. The van der Waals surface area contributed by atoms with E-state index in [1.807, 2.05) is 18.7 Å². The summed E-state index contributed by atoms with van der Waals surface area (Å²) in [6.45, 7) is 7.42. The fraction of sp³-hybridized carbons (Fsp3) is 0.500. The number of amides is 2. The lowest BCUT2D eigenvalue weighted by Crippen LogP contribution is -2.40. The fourth-order valence-corrected chi connectivity index (χ4v) is 4.39. The molecule has 1 N–H and O–H groups in total. The summed E-state index contributed by atoms with van der Waals surface area (Å²) in [6, 6.07) is 5.69. The number of rotatable bonds is 5. The van der Waals surface area contributed by atoms with Crippen molar-refractivity contribution >= 4 is 17.5 Å². The van der Waals surface area contributed by atoms with Gasteiger partial charge in [0.1, 0.15) is 11.6 Å². The molecule has 7 heteroatoms. The van der Waals surface area contributed by atoms with Gasteiger partial charge in [-0.2, -0.15) is 0 Å². The van der Waals surface area contributed by atoms with Crippen LogP contribution in [0.1, 0.15) is 54.9 Å². The molecule has 0 unspecified atom stereocenters. The Bertz CT molecular complexity index is 969. The number of aromatic nitrogens is 2. The first-order chi connectivity index (χ1) is 14.8. The molecule has 1 aromatic carbocycles. The third-order valence-electron chi connectivity index (χ3n) is 6.43. The summed E-state index contributed by atoms with van der Waals surface area (Å²) in [4.78, 5) is 36.5. The number of piperidine rings is 1. The molecule has 4 rings (SSSR count). The lowest BCUT2D eigenvalue weighted by atomic mass is 9.96. The molecule has 164 valence electrons. The van der Waals surface area contributed by atoms with Crippen molar-refractivity contribution in [2.45, 2.75) is 52.4 Å². The van der Waals surface area contributed by atoms with Crippen molar-refractivity contribution in [2.24, 2.45) is 11.8 Å². The van der Waals surface area contributed by atoms with Gasteiger partial charge >= 0.3 is 0 Å². The molecule has 1 aromatic heterocycles. The Labute approximate surface area is 182 Å². The van der Waals surface area contributed by atoms with Gasteiger partial charge in [-0.3, -0.25) is 9.59 Å². The zero-order chi connectivity index (χ0) is 22.1. The van der Waals surface area contributed by atoms with Gasteiger partial charge in [0.05, 0.1) is 6.42 Å². The van der Waals surface area contributed by atoms with Crippen LogP contribution in [0, 0.1) is 31.5 Å². The van der Waals surface area contributed by atoms with Crippen LogP contribution in [-0.2, 0) is 16.0 Å². The van der Waals surface area contributed by atoms with Gasteiger partial charge in [0.15, 0.2) is 0 Å². The smallest absolute Gasteiger partial charge is 0.228 e. The van der Waals surface area contributed by atoms with E-state index in [0.29, 0.717) is 18.2 Å². The molecule has 6 nitrogen and oxygen atoms in total. The molecule has 1 saturated heterocycles. The molecule has 1 saturated carbocycles. The summed E-state index contributed by atoms with van der Waals surface area (Å²) in [6.07, 6.45) is 3.08.